The molecule has 116 valence electrons. The van der Waals surface area contributed by atoms with Gasteiger partial charge in [-0.15, -0.1) is 0 Å². The molecule has 0 aliphatic carbocycles. The van der Waals surface area contributed by atoms with E-state index in [2.05, 4.69) is 9.93 Å². The van der Waals surface area contributed by atoms with E-state index in [1.165, 1.54) is 18.3 Å². The van der Waals surface area contributed by atoms with Gasteiger partial charge in [-0.2, -0.15) is 13.5 Å². The van der Waals surface area contributed by atoms with Crippen molar-refractivity contribution < 1.29 is 13.2 Å². The van der Waals surface area contributed by atoms with Gasteiger partial charge in [-0.25, -0.2) is 4.83 Å². The fraction of sp³-hybridized carbons (Fsp3) is 0.188. The molecule has 0 bridgehead atoms. The van der Waals surface area contributed by atoms with Crippen LogP contribution in [0.4, 0.5) is 0 Å². The fourth-order valence-electron chi connectivity index (χ4n) is 1.86. The molecule has 0 radical (unpaired) electrons. The number of nitrogens with zero attached hydrogens (tertiary/aromatic N) is 1. The summed E-state index contributed by atoms with van der Waals surface area (Å²) in [7, 11) is -3.68. The number of hydrazone groups is 1. The summed E-state index contributed by atoms with van der Waals surface area (Å²) >= 11 is 0. The van der Waals surface area contributed by atoms with Gasteiger partial charge in [0.25, 0.3) is 10.0 Å². The predicted molar refractivity (Wildman–Crippen MR) is 86.7 cm³/mol. The molecule has 0 amide bonds. The highest BCUT2D eigenvalue weighted by Gasteiger charge is 2.12. The monoisotopic (exact) mass is 318 g/mol. The highest BCUT2D eigenvalue weighted by atomic mass is 32.2. The Morgan fingerprint density at radius 2 is 1.91 bits per heavy atom. The van der Waals surface area contributed by atoms with Gasteiger partial charge in [-0.05, 0) is 43.7 Å². The Kier molecular flexibility index (Phi) is 5.16. The quantitative estimate of drug-likeness (QED) is 0.658. The molecule has 5 nitrogen and oxygen atoms in total. The lowest BCUT2D eigenvalue weighted by Crippen LogP contribution is -2.18. The molecular weight excluding hydrogens is 300 g/mol. The van der Waals surface area contributed by atoms with E-state index in [1.54, 1.807) is 12.1 Å². The lowest BCUT2D eigenvalue weighted by molar-refractivity contribution is 0.340. The Morgan fingerprint density at radius 1 is 1.18 bits per heavy atom. The van der Waals surface area contributed by atoms with Gasteiger partial charge in [0.1, 0.15) is 5.75 Å². The molecule has 0 heterocycles. The first-order valence-corrected chi connectivity index (χ1v) is 8.34. The van der Waals surface area contributed by atoms with Gasteiger partial charge in [-0.1, -0.05) is 29.8 Å². The van der Waals surface area contributed by atoms with Crippen LogP contribution in [0.15, 0.2) is 58.5 Å². The highest BCUT2D eigenvalue weighted by molar-refractivity contribution is 7.89. The van der Waals surface area contributed by atoms with Crippen molar-refractivity contribution in [3.8, 4) is 5.75 Å². The van der Waals surface area contributed by atoms with E-state index in [1.807, 2.05) is 38.1 Å². The van der Waals surface area contributed by atoms with E-state index in [4.69, 9.17) is 4.74 Å². The van der Waals surface area contributed by atoms with Crippen molar-refractivity contribution in [2.45, 2.75) is 18.7 Å². The van der Waals surface area contributed by atoms with Crippen LogP contribution in [0.2, 0.25) is 0 Å². The molecule has 0 aliphatic rings. The van der Waals surface area contributed by atoms with Crippen molar-refractivity contribution in [3.05, 3.63) is 59.7 Å². The van der Waals surface area contributed by atoms with Gasteiger partial charge in [0.2, 0.25) is 0 Å². The zero-order valence-corrected chi connectivity index (χ0v) is 13.3. The van der Waals surface area contributed by atoms with E-state index >= 15 is 0 Å². The van der Waals surface area contributed by atoms with Gasteiger partial charge >= 0.3 is 0 Å². The second-order valence-electron chi connectivity index (χ2n) is 4.67. The van der Waals surface area contributed by atoms with E-state index in [0.29, 0.717) is 12.4 Å². The molecule has 6 heteroatoms. The van der Waals surface area contributed by atoms with Crippen LogP contribution in [0.5, 0.6) is 5.75 Å². The van der Waals surface area contributed by atoms with E-state index in [-0.39, 0.29) is 4.90 Å². The van der Waals surface area contributed by atoms with Crippen molar-refractivity contribution in [2.24, 2.45) is 5.10 Å². The van der Waals surface area contributed by atoms with Crippen LogP contribution < -0.4 is 9.57 Å². The maximum Gasteiger partial charge on any atom is 0.276 e. The number of ether oxygens (including phenoxy) is 1. The summed E-state index contributed by atoms with van der Waals surface area (Å²) in [6.45, 7) is 4.36. The van der Waals surface area contributed by atoms with Gasteiger partial charge in [0, 0.05) is 0 Å². The minimum Gasteiger partial charge on any atom is -0.494 e. The van der Waals surface area contributed by atoms with Crippen molar-refractivity contribution in [1.82, 2.24) is 4.83 Å². The molecule has 0 fully saturated rings. The van der Waals surface area contributed by atoms with Crippen molar-refractivity contribution in [2.75, 3.05) is 6.61 Å². The first-order chi connectivity index (χ1) is 10.5. The minimum absolute atomic E-state index is 0.136. The SMILES string of the molecule is CCOc1ccc(S(=O)(=O)N/N=C/c2cccc(C)c2)cc1. The molecule has 0 saturated carbocycles. The maximum absolute atomic E-state index is 12.1. The highest BCUT2D eigenvalue weighted by Crippen LogP contribution is 2.15. The first kappa shape index (κ1) is 16.0. The van der Waals surface area contributed by atoms with Gasteiger partial charge in [-0.3, -0.25) is 0 Å². The number of rotatable bonds is 6. The molecule has 0 unspecified atom stereocenters. The minimum atomic E-state index is -3.68. The van der Waals surface area contributed by atoms with Crippen molar-refractivity contribution in [1.29, 1.82) is 0 Å². The zero-order valence-electron chi connectivity index (χ0n) is 12.5. The van der Waals surface area contributed by atoms with E-state index < -0.39 is 10.0 Å². The van der Waals surface area contributed by atoms with Crippen LogP contribution in [-0.4, -0.2) is 21.2 Å². The maximum atomic E-state index is 12.1. The average molecular weight is 318 g/mol. The molecule has 2 aromatic rings. The molecule has 22 heavy (non-hydrogen) atoms. The molecule has 0 spiro atoms. The number of nitrogens with one attached hydrogen (secondary N) is 1. The lowest BCUT2D eigenvalue weighted by Gasteiger charge is -2.05. The Bertz CT molecular complexity index is 753. The number of sulfonamides is 1. The Hall–Kier alpha value is -2.34. The molecule has 0 aromatic heterocycles. The third-order valence-corrected chi connectivity index (χ3v) is 4.11. The summed E-state index contributed by atoms with van der Waals surface area (Å²) in [6.07, 6.45) is 1.47. The lowest BCUT2D eigenvalue weighted by atomic mass is 10.2. The molecule has 0 aliphatic heterocycles. The molecule has 2 rings (SSSR count). The number of hydrogen-bond donors (Lipinski definition) is 1. The molecule has 2 aromatic carbocycles. The third-order valence-electron chi connectivity index (χ3n) is 2.87. The third kappa shape index (κ3) is 4.33. The normalized spacial score (nSPS) is 11.5. The molecule has 0 atom stereocenters. The van der Waals surface area contributed by atoms with Crippen LogP contribution in [0, 0.1) is 6.92 Å². The molecular formula is C16H18N2O3S. The Balaban J connectivity index is 2.07. The number of hydrogen-bond acceptors (Lipinski definition) is 4. The summed E-state index contributed by atoms with van der Waals surface area (Å²) in [5.41, 5.74) is 1.91. The van der Waals surface area contributed by atoms with E-state index in [0.717, 1.165) is 11.1 Å². The van der Waals surface area contributed by atoms with Crippen LogP contribution >= 0.6 is 0 Å². The summed E-state index contributed by atoms with van der Waals surface area (Å²) in [5, 5.41) is 3.80. The second kappa shape index (κ2) is 7.09. The molecule has 1 N–H and O–H groups in total. The van der Waals surface area contributed by atoms with Crippen LogP contribution in [0.25, 0.3) is 0 Å². The Labute approximate surface area is 130 Å². The predicted octanol–water partition coefficient (Wildman–Crippen LogP) is 2.71. The number of aryl methyl sites for hydroxylation is 1. The summed E-state index contributed by atoms with van der Waals surface area (Å²) in [4.78, 5) is 2.33. The van der Waals surface area contributed by atoms with Crippen molar-refractivity contribution in [3.63, 3.8) is 0 Å². The fourth-order valence-corrected chi connectivity index (χ4v) is 2.65. The first-order valence-electron chi connectivity index (χ1n) is 6.85. The summed E-state index contributed by atoms with van der Waals surface area (Å²) < 4.78 is 29.5. The zero-order chi connectivity index (χ0) is 16.0. The standard InChI is InChI=1S/C16H18N2O3S/c1-3-21-15-7-9-16(10-8-15)22(19,20)18-17-12-14-6-4-5-13(2)11-14/h4-12,18H,3H2,1-2H3/b17-12+. The van der Waals surface area contributed by atoms with Gasteiger partial charge in [0.05, 0.1) is 17.7 Å². The topological polar surface area (TPSA) is 67.8 Å². The summed E-state index contributed by atoms with van der Waals surface area (Å²) in [6, 6.07) is 13.8. The average Bonchev–Trinajstić information content (AvgIpc) is 2.48. The number of benzene rings is 2. The van der Waals surface area contributed by atoms with Crippen molar-refractivity contribution >= 4 is 16.2 Å². The second-order valence-corrected chi connectivity index (χ2v) is 6.33. The summed E-state index contributed by atoms with van der Waals surface area (Å²) in [5.74, 6) is 0.629. The van der Waals surface area contributed by atoms with Gasteiger partial charge in [0.15, 0.2) is 0 Å². The van der Waals surface area contributed by atoms with Crippen LogP contribution in [0.1, 0.15) is 18.1 Å². The Morgan fingerprint density at radius 3 is 2.55 bits per heavy atom. The van der Waals surface area contributed by atoms with Crippen LogP contribution in [0.3, 0.4) is 0 Å². The van der Waals surface area contributed by atoms with Gasteiger partial charge < -0.3 is 4.74 Å². The van der Waals surface area contributed by atoms with E-state index in [9.17, 15) is 8.42 Å². The van der Waals surface area contributed by atoms with Crippen LogP contribution in [-0.2, 0) is 10.0 Å². The largest absolute Gasteiger partial charge is 0.494 e. The smallest absolute Gasteiger partial charge is 0.276 e. The molecule has 0 saturated heterocycles.